The maximum atomic E-state index is 5.97. The van der Waals surface area contributed by atoms with Crippen LogP contribution in [0.5, 0.6) is 5.88 Å². The van der Waals surface area contributed by atoms with Gasteiger partial charge in [0.15, 0.2) is 5.58 Å². The van der Waals surface area contributed by atoms with Gasteiger partial charge in [0.05, 0.1) is 24.4 Å². The number of oxazole rings is 1. The maximum absolute atomic E-state index is 5.97. The third kappa shape index (κ3) is 2.17. The Hall–Kier alpha value is -2.50. The molecule has 0 radical (unpaired) electrons. The summed E-state index contributed by atoms with van der Waals surface area (Å²) in [4.78, 5) is 6.88. The van der Waals surface area contributed by atoms with E-state index >= 15 is 0 Å². The highest BCUT2D eigenvalue weighted by Crippen LogP contribution is 2.41. The molecule has 3 aromatic rings. The Morgan fingerprint density at radius 1 is 1.30 bits per heavy atom. The minimum Gasteiger partial charge on any atom is -0.481 e. The molecule has 1 aromatic carbocycles. The van der Waals surface area contributed by atoms with Gasteiger partial charge in [0.2, 0.25) is 5.88 Å². The lowest BCUT2D eigenvalue weighted by Gasteiger charge is -2.23. The molecule has 6 nitrogen and oxygen atoms in total. The van der Waals surface area contributed by atoms with Gasteiger partial charge in [-0.15, -0.1) is 0 Å². The Labute approximate surface area is 134 Å². The highest BCUT2D eigenvalue weighted by atomic mass is 16.5. The molecule has 1 fully saturated rings. The van der Waals surface area contributed by atoms with E-state index in [1.165, 1.54) is 0 Å². The Balaban J connectivity index is 1.77. The van der Waals surface area contributed by atoms with Gasteiger partial charge in [-0.25, -0.2) is 4.68 Å². The zero-order chi connectivity index (χ0) is 16.0. The van der Waals surface area contributed by atoms with Crippen LogP contribution in [0.2, 0.25) is 0 Å². The zero-order valence-electron chi connectivity index (χ0n) is 13.6. The lowest BCUT2D eigenvalue weighted by Crippen LogP contribution is -2.23. The van der Waals surface area contributed by atoms with Crippen LogP contribution in [-0.2, 0) is 7.05 Å². The molecule has 0 amide bonds. The maximum Gasteiger partial charge on any atom is 0.298 e. The molecule has 1 aliphatic heterocycles. The summed E-state index contributed by atoms with van der Waals surface area (Å²) < 4.78 is 13.3. The Bertz CT molecular complexity index is 819. The molecular formula is C17H20N4O2. The van der Waals surface area contributed by atoms with Crippen LogP contribution in [0.25, 0.3) is 11.1 Å². The third-order valence-corrected chi connectivity index (χ3v) is 4.52. The first-order valence-electron chi connectivity index (χ1n) is 7.88. The Kier molecular flexibility index (Phi) is 3.25. The van der Waals surface area contributed by atoms with Crippen LogP contribution < -0.4 is 9.64 Å². The average Bonchev–Trinajstić information content (AvgIpc) is 3.22. The number of ether oxygens (including phenoxy) is 1. The molecule has 0 spiro atoms. The summed E-state index contributed by atoms with van der Waals surface area (Å²) in [5, 5.41) is 4.51. The SMILES string of the molecule is COc1c([C@H]2CCCN2c2nc3ccccc3o2)c(C)nn1C. The van der Waals surface area contributed by atoms with Crippen molar-refractivity contribution in [1.82, 2.24) is 14.8 Å². The monoisotopic (exact) mass is 312 g/mol. The van der Waals surface area contributed by atoms with E-state index < -0.39 is 0 Å². The molecule has 0 saturated carbocycles. The van der Waals surface area contributed by atoms with Crippen LogP contribution >= 0.6 is 0 Å². The number of methoxy groups -OCH3 is 1. The molecule has 3 heterocycles. The van der Waals surface area contributed by atoms with E-state index in [-0.39, 0.29) is 6.04 Å². The molecule has 1 atom stereocenters. The van der Waals surface area contributed by atoms with E-state index in [4.69, 9.17) is 9.15 Å². The second kappa shape index (κ2) is 5.30. The number of hydrogen-bond acceptors (Lipinski definition) is 5. The van der Waals surface area contributed by atoms with Crippen molar-refractivity contribution in [3.05, 3.63) is 35.5 Å². The number of nitrogens with zero attached hydrogens (tertiary/aromatic N) is 4. The van der Waals surface area contributed by atoms with Gasteiger partial charge in [0, 0.05) is 13.6 Å². The number of anilines is 1. The van der Waals surface area contributed by atoms with Crippen LogP contribution in [0.15, 0.2) is 28.7 Å². The second-order valence-corrected chi connectivity index (χ2v) is 5.95. The molecule has 6 heteroatoms. The summed E-state index contributed by atoms with van der Waals surface area (Å²) in [5.41, 5.74) is 3.85. The number of rotatable bonds is 3. The summed E-state index contributed by atoms with van der Waals surface area (Å²) in [5.74, 6) is 0.815. The molecule has 2 aromatic heterocycles. The summed E-state index contributed by atoms with van der Waals surface area (Å²) in [7, 11) is 3.60. The van der Waals surface area contributed by atoms with Crippen molar-refractivity contribution in [3.8, 4) is 5.88 Å². The molecule has 4 rings (SSSR count). The van der Waals surface area contributed by atoms with Gasteiger partial charge in [-0.05, 0) is 31.9 Å². The smallest absolute Gasteiger partial charge is 0.298 e. The van der Waals surface area contributed by atoms with Gasteiger partial charge in [0.25, 0.3) is 6.01 Å². The largest absolute Gasteiger partial charge is 0.481 e. The van der Waals surface area contributed by atoms with Crippen molar-refractivity contribution in [1.29, 1.82) is 0 Å². The van der Waals surface area contributed by atoms with Crippen molar-refractivity contribution < 1.29 is 9.15 Å². The molecule has 120 valence electrons. The first-order chi connectivity index (χ1) is 11.2. The quantitative estimate of drug-likeness (QED) is 0.743. The third-order valence-electron chi connectivity index (χ3n) is 4.52. The molecule has 0 aliphatic carbocycles. The van der Waals surface area contributed by atoms with Crippen LogP contribution in [0.1, 0.15) is 30.1 Å². The number of fused-ring (bicyclic) bond motifs is 1. The van der Waals surface area contributed by atoms with Crippen molar-refractivity contribution in [2.45, 2.75) is 25.8 Å². The van der Waals surface area contributed by atoms with E-state index in [1.54, 1.807) is 11.8 Å². The van der Waals surface area contributed by atoms with Crippen molar-refractivity contribution in [3.63, 3.8) is 0 Å². The highest BCUT2D eigenvalue weighted by Gasteiger charge is 2.34. The van der Waals surface area contributed by atoms with Crippen molar-refractivity contribution in [2.24, 2.45) is 7.05 Å². The molecule has 0 bridgehead atoms. The van der Waals surface area contributed by atoms with Gasteiger partial charge >= 0.3 is 0 Å². The van der Waals surface area contributed by atoms with E-state index in [1.807, 2.05) is 38.2 Å². The van der Waals surface area contributed by atoms with Gasteiger partial charge < -0.3 is 14.1 Å². The number of para-hydroxylation sites is 2. The van der Waals surface area contributed by atoms with Gasteiger partial charge in [-0.2, -0.15) is 10.1 Å². The van der Waals surface area contributed by atoms with Crippen molar-refractivity contribution >= 4 is 17.1 Å². The summed E-state index contributed by atoms with van der Waals surface area (Å²) in [6.45, 7) is 2.95. The zero-order valence-corrected chi connectivity index (χ0v) is 13.6. The normalized spacial score (nSPS) is 18.0. The fraction of sp³-hybridized carbons (Fsp3) is 0.412. The topological polar surface area (TPSA) is 56.3 Å². The number of hydrogen-bond donors (Lipinski definition) is 0. The van der Waals surface area contributed by atoms with Crippen LogP contribution in [0.4, 0.5) is 6.01 Å². The van der Waals surface area contributed by atoms with E-state index in [2.05, 4.69) is 15.0 Å². The predicted molar refractivity (Wildman–Crippen MR) is 87.8 cm³/mol. The van der Waals surface area contributed by atoms with E-state index in [0.29, 0.717) is 6.01 Å². The van der Waals surface area contributed by atoms with Crippen LogP contribution in [-0.4, -0.2) is 28.4 Å². The highest BCUT2D eigenvalue weighted by molar-refractivity contribution is 5.74. The molecule has 0 unspecified atom stereocenters. The minimum absolute atomic E-state index is 0.187. The lowest BCUT2D eigenvalue weighted by atomic mass is 10.1. The first-order valence-corrected chi connectivity index (χ1v) is 7.88. The molecule has 23 heavy (non-hydrogen) atoms. The second-order valence-electron chi connectivity index (χ2n) is 5.95. The van der Waals surface area contributed by atoms with Crippen molar-refractivity contribution in [2.75, 3.05) is 18.6 Å². The standard InChI is InChI=1S/C17H20N4O2/c1-11-15(16(22-3)20(2)19-11)13-8-6-10-21(13)17-18-12-7-4-5-9-14(12)23-17/h4-5,7,9,13H,6,8,10H2,1-3H3/t13-/m1/s1. The van der Waals surface area contributed by atoms with Crippen LogP contribution in [0, 0.1) is 6.92 Å². The molecule has 1 saturated heterocycles. The minimum atomic E-state index is 0.187. The summed E-state index contributed by atoms with van der Waals surface area (Å²) in [6, 6.07) is 8.74. The molecular weight excluding hydrogens is 292 g/mol. The first kappa shape index (κ1) is 14.1. The Morgan fingerprint density at radius 3 is 2.91 bits per heavy atom. The van der Waals surface area contributed by atoms with Gasteiger partial charge in [0.1, 0.15) is 5.52 Å². The Morgan fingerprint density at radius 2 is 2.13 bits per heavy atom. The van der Waals surface area contributed by atoms with E-state index in [9.17, 15) is 0 Å². The van der Waals surface area contributed by atoms with Gasteiger partial charge in [-0.3, -0.25) is 0 Å². The predicted octanol–water partition coefficient (Wildman–Crippen LogP) is 3.22. The van der Waals surface area contributed by atoms with Crippen LogP contribution in [0.3, 0.4) is 0 Å². The molecule has 0 N–H and O–H groups in total. The fourth-order valence-corrected chi connectivity index (χ4v) is 3.56. The number of benzene rings is 1. The average molecular weight is 312 g/mol. The van der Waals surface area contributed by atoms with Gasteiger partial charge in [-0.1, -0.05) is 12.1 Å². The summed E-state index contributed by atoms with van der Waals surface area (Å²) >= 11 is 0. The van der Waals surface area contributed by atoms with E-state index in [0.717, 1.165) is 47.6 Å². The summed E-state index contributed by atoms with van der Waals surface area (Å²) in [6.07, 6.45) is 2.14. The molecule has 1 aliphatic rings. The lowest BCUT2D eigenvalue weighted by molar-refractivity contribution is 0.365. The fourth-order valence-electron chi connectivity index (χ4n) is 3.56. The number of aromatic nitrogens is 3. The number of aryl methyl sites for hydroxylation is 2.